The summed E-state index contributed by atoms with van der Waals surface area (Å²) in [5, 5.41) is 3.27. The first-order valence-electron chi connectivity index (χ1n) is 13.4. The number of carbonyl (C=O) groups is 1. The summed E-state index contributed by atoms with van der Waals surface area (Å²) in [4.78, 5) is 12.8. The number of carbonyl (C=O) groups excluding carboxylic acids is 1. The summed E-state index contributed by atoms with van der Waals surface area (Å²) in [6.45, 7) is 7.33. The molecule has 0 saturated heterocycles. The standard InChI is InChI=1S/C24H52N3O9S2/c1-9-22(10-2)24(28)25-23(15-19-27(5,6)18-13-21-36-38(31,32)34-8)14-11-16-26(3,4)17-12-20-35-37(29,30)33-7/h22-23H,9-21H2,1-8H3/q+1/p+1. The second-order valence-corrected chi connectivity index (χ2v) is 13.7. The number of hydrogen-bond acceptors (Lipinski definition) is 9. The van der Waals surface area contributed by atoms with Crippen LogP contribution in [0, 0.1) is 5.92 Å². The van der Waals surface area contributed by atoms with Crippen molar-refractivity contribution >= 4 is 26.7 Å². The van der Waals surface area contributed by atoms with Gasteiger partial charge in [0.15, 0.2) is 0 Å². The summed E-state index contributed by atoms with van der Waals surface area (Å²) in [7, 11) is 2.64. The average molecular weight is 592 g/mol. The summed E-state index contributed by atoms with van der Waals surface area (Å²) in [6.07, 6.45) is 5.25. The molecule has 0 aliphatic rings. The Morgan fingerprint density at radius 3 is 1.55 bits per heavy atom. The average Bonchev–Trinajstić information content (AvgIpc) is 2.84. The SMILES string of the molecule is CCC(CC)C(=O)NC(CCC[N+](C)(C)CCCOS(=O)(=O)OC)CC[N+](C)(C)CCCOS(=O)(=O)OC. The molecule has 1 amide bonds. The topological polar surface area (TPSA) is 134 Å². The molecule has 228 valence electrons. The van der Waals surface area contributed by atoms with Gasteiger partial charge in [-0.25, -0.2) is 8.37 Å². The fraction of sp³-hybridized carbons (Fsp3) is 0.958. The maximum Gasteiger partial charge on any atom is 0.399 e. The van der Waals surface area contributed by atoms with Crippen LogP contribution in [0.25, 0.3) is 0 Å². The van der Waals surface area contributed by atoms with Crippen molar-refractivity contribution in [3.05, 3.63) is 0 Å². The Hall–Kier alpha value is -0.870. The normalized spacial score (nSPS) is 14.1. The third-order valence-corrected chi connectivity index (χ3v) is 8.51. The maximum atomic E-state index is 12.8. The highest BCUT2D eigenvalue weighted by atomic mass is 32.3. The van der Waals surface area contributed by atoms with Gasteiger partial charge in [0.25, 0.3) is 0 Å². The van der Waals surface area contributed by atoms with Crippen molar-refractivity contribution in [3.8, 4) is 0 Å². The van der Waals surface area contributed by atoms with Crippen LogP contribution in [0.5, 0.6) is 0 Å². The van der Waals surface area contributed by atoms with E-state index in [1.807, 2.05) is 13.8 Å². The molecule has 1 atom stereocenters. The number of quaternary nitrogens is 2. The quantitative estimate of drug-likeness (QED) is 0.139. The van der Waals surface area contributed by atoms with E-state index in [0.29, 0.717) is 21.8 Å². The lowest BCUT2D eigenvalue weighted by molar-refractivity contribution is -0.891. The van der Waals surface area contributed by atoms with Crippen molar-refractivity contribution in [1.29, 1.82) is 0 Å². The van der Waals surface area contributed by atoms with Gasteiger partial charge in [-0.05, 0) is 25.7 Å². The molecule has 0 aromatic carbocycles. The van der Waals surface area contributed by atoms with E-state index in [0.717, 1.165) is 72.5 Å². The summed E-state index contributed by atoms with van der Waals surface area (Å²) in [6, 6.07) is 0.0285. The maximum absolute atomic E-state index is 12.8. The number of nitrogens with zero attached hydrogens (tertiary/aromatic N) is 2. The Balaban J connectivity index is 4.89. The van der Waals surface area contributed by atoms with Gasteiger partial charge in [-0.1, -0.05) is 13.8 Å². The van der Waals surface area contributed by atoms with E-state index in [-0.39, 0.29) is 31.1 Å². The van der Waals surface area contributed by atoms with Crippen LogP contribution < -0.4 is 5.32 Å². The van der Waals surface area contributed by atoms with Crippen LogP contribution in [-0.4, -0.2) is 120 Å². The Bertz CT molecular complexity index is 875. The highest BCUT2D eigenvalue weighted by molar-refractivity contribution is 7.82. The Kier molecular flexibility index (Phi) is 17.3. The molecule has 0 aliphatic carbocycles. The minimum absolute atomic E-state index is 0.00418. The molecule has 0 aromatic rings. The fourth-order valence-corrected chi connectivity index (χ4v) is 5.00. The number of nitrogens with one attached hydrogen (secondary N) is 1. The molecule has 0 aliphatic heterocycles. The Labute approximate surface area is 231 Å². The second-order valence-electron chi connectivity index (χ2n) is 10.9. The summed E-state index contributed by atoms with van der Waals surface area (Å²) >= 11 is 0. The van der Waals surface area contributed by atoms with Crippen molar-refractivity contribution in [2.24, 2.45) is 5.92 Å². The van der Waals surface area contributed by atoms with E-state index in [1.165, 1.54) is 0 Å². The second kappa shape index (κ2) is 17.7. The highest BCUT2D eigenvalue weighted by Crippen LogP contribution is 2.14. The van der Waals surface area contributed by atoms with Gasteiger partial charge in [-0.3, -0.25) is 13.2 Å². The van der Waals surface area contributed by atoms with Gasteiger partial charge in [0.05, 0.1) is 81.8 Å². The highest BCUT2D eigenvalue weighted by Gasteiger charge is 2.24. The minimum Gasteiger partial charge on any atom is -0.353 e. The van der Waals surface area contributed by atoms with E-state index in [9.17, 15) is 21.6 Å². The Morgan fingerprint density at radius 2 is 1.13 bits per heavy atom. The lowest BCUT2D eigenvalue weighted by Crippen LogP contribution is -2.47. The van der Waals surface area contributed by atoms with Crippen LogP contribution in [0.2, 0.25) is 0 Å². The molecular weight excluding hydrogens is 538 g/mol. The smallest absolute Gasteiger partial charge is 0.353 e. The molecule has 0 fully saturated rings. The third-order valence-electron chi connectivity index (χ3n) is 6.78. The van der Waals surface area contributed by atoms with Crippen LogP contribution >= 0.6 is 0 Å². The predicted molar refractivity (Wildman–Crippen MR) is 147 cm³/mol. The molecule has 0 bridgehead atoms. The molecule has 0 spiro atoms. The van der Waals surface area contributed by atoms with E-state index in [4.69, 9.17) is 8.37 Å². The molecular formula is C24H53N3O9S2+2. The van der Waals surface area contributed by atoms with Crippen LogP contribution in [0.4, 0.5) is 0 Å². The molecule has 38 heavy (non-hydrogen) atoms. The zero-order valence-corrected chi connectivity index (χ0v) is 26.4. The lowest BCUT2D eigenvalue weighted by Gasteiger charge is -2.33. The Morgan fingerprint density at radius 1 is 0.711 bits per heavy atom. The molecule has 14 heteroatoms. The van der Waals surface area contributed by atoms with Gasteiger partial charge in [0.2, 0.25) is 5.91 Å². The molecule has 1 unspecified atom stereocenters. The van der Waals surface area contributed by atoms with Crippen molar-refractivity contribution in [2.75, 3.05) is 81.8 Å². The van der Waals surface area contributed by atoms with E-state index in [2.05, 4.69) is 41.9 Å². The van der Waals surface area contributed by atoms with E-state index < -0.39 is 20.8 Å². The number of amides is 1. The molecule has 0 rings (SSSR count). The summed E-state index contributed by atoms with van der Waals surface area (Å²) in [5.41, 5.74) is 0. The zero-order chi connectivity index (χ0) is 29.5. The minimum atomic E-state index is -3.92. The zero-order valence-electron chi connectivity index (χ0n) is 24.7. The van der Waals surface area contributed by atoms with Gasteiger partial charge in [0.1, 0.15) is 0 Å². The first kappa shape index (κ1) is 37.1. The molecule has 0 saturated carbocycles. The van der Waals surface area contributed by atoms with Crippen molar-refractivity contribution < 1.29 is 47.3 Å². The predicted octanol–water partition coefficient (Wildman–Crippen LogP) is 1.83. The molecule has 0 radical (unpaired) electrons. The van der Waals surface area contributed by atoms with Gasteiger partial charge < -0.3 is 14.3 Å². The van der Waals surface area contributed by atoms with E-state index in [1.54, 1.807) is 0 Å². The summed E-state index contributed by atoms with van der Waals surface area (Å²) in [5.74, 6) is 0.0872. The third kappa shape index (κ3) is 17.7. The van der Waals surface area contributed by atoms with Crippen molar-refractivity contribution in [2.45, 2.75) is 64.8 Å². The molecule has 12 nitrogen and oxygen atoms in total. The van der Waals surface area contributed by atoms with Gasteiger partial charge in [-0.2, -0.15) is 16.8 Å². The van der Waals surface area contributed by atoms with Gasteiger partial charge >= 0.3 is 20.8 Å². The molecule has 0 heterocycles. The van der Waals surface area contributed by atoms with Crippen LogP contribution in [0.15, 0.2) is 0 Å². The monoisotopic (exact) mass is 591 g/mol. The summed E-state index contributed by atoms with van der Waals surface area (Å²) < 4.78 is 64.7. The van der Waals surface area contributed by atoms with Crippen LogP contribution in [0.3, 0.4) is 0 Å². The number of rotatable bonds is 23. The van der Waals surface area contributed by atoms with Crippen molar-refractivity contribution in [1.82, 2.24) is 5.32 Å². The largest absolute Gasteiger partial charge is 0.399 e. The van der Waals surface area contributed by atoms with E-state index >= 15 is 0 Å². The molecule has 0 aromatic heterocycles. The molecule has 1 N–H and O–H groups in total. The fourth-order valence-electron chi connectivity index (χ4n) is 4.17. The lowest BCUT2D eigenvalue weighted by atomic mass is 10.00. The first-order valence-corrected chi connectivity index (χ1v) is 16.0. The van der Waals surface area contributed by atoms with Crippen LogP contribution in [-0.2, 0) is 42.3 Å². The van der Waals surface area contributed by atoms with Gasteiger partial charge in [0, 0.05) is 31.2 Å². The van der Waals surface area contributed by atoms with Gasteiger partial charge in [-0.15, -0.1) is 0 Å². The number of hydrogen-bond donors (Lipinski definition) is 1. The van der Waals surface area contributed by atoms with Crippen LogP contribution in [0.1, 0.15) is 58.8 Å². The first-order chi connectivity index (χ1) is 17.5. The van der Waals surface area contributed by atoms with Crippen molar-refractivity contribution in [3.63, 3.8) is 0 Å².